The van der Waals surface area contributed by atoms with E-state index >= 15 is 0 Å². The lowest BCUT2D eigenvalue weighted by Gasteiger charge is -2.23. The van der Waals surface area contributed by atoms with Gasteiger partial charge in [-0.3, -0.25) is 0 Å². The van der Waals surface area contributed by atoms with Crippen LogP contribution in [0.3, 0.4) is 0 Å². The number of thioether (sulfide) groups is 1. The zero-order valence-electron chi connectivity index (χ0n) is 14.2. The van der Waals surface area contributed by atoms with Gasteiger partial charge in [-0.25, -0.2) is 0 Å². The maximum absolute atomic E-state index is 3.78. The SMILES string of the molecule is CCCNC(CSC1CCCC1)c1cc(C)c(C)cc1C. The summed E-state index contributed by atoms with van der Waals surface area (Å²) in [5.41, 5.74) is 5.79. The standard InChI is InChI=1S/C19H31NS/c1-5-10-20-19(13-21-17-8-6-7-9-17)18-12-15(3)14(2)11-16(18)4/h11-12,17,19-20H,5-10,13H2,1-4H3. The molecule has 1 atom stereocenters. The molecule has 0 bridgehead atoms. The highest BCUT2D eigenvalue weighted by Gasteiger charge is 2.20. The van der Waals surface area contributed by atoms with E-state index in [1.165, 1.54) is 60.1 Å². The van der Waals surface area contributed by atoms with Gasteiger partial charge < -0.3 is 5.32 Å². The molecule has 0 saturated heterocycles. The van der Waals surface area contributed by atoms with Crippen LogP contribution in [0, 0.1) is 20.8 Å². The van der Waals surface area contributed by atoms with Gasteiger partial charge in [-0.1, -0.05) is 31.9 Å². The molecule has 1 N–H and O–H groups in total. The van der Waals surface area contributed by atoms with Crippen LogP contribution in [0.15, 0.2) is 12.1 Å². The molecule has 1 aromatic carbocycles. The third-order valence-electron chi connectivity index (χ3n) is 4.70. The number of benzene rings is 1. The first-order chi connectivity index (χ1) is 10.1. The molecule has 118 valence electrons. The van der Waals surface area contributed by atoms with Gasteiger partial charge in [0, 0.05) is 17.0 Å². The zero-order chi connectivity index (χ0) is 15.2. The first-order valence-electron chi connectivity index (χ1n) is 8.54. The lowest BCUT2D eigenvalue weighted by Crippen LogP contribution is -2.25. The lowest BCUT2D eigenvalue weighted by atomic mass is 9.96. The van der Waals surface area contributed by atoms with Crippen LogP contribution in [0.4, 0.5) is 0 Å². The Balaban J connectivity index is 2.08. The quantitative estimate of drug-likeness (QED) is 0.731. The van der Waals surface area contributed by atoms with Crippen molar-refractivity contribution in [1.82, 2.24) is 5.32 Å². The molecule has 21 heavy (non-hydrogen) atoms. The lowest BCUT2D eigenvalue weighted by molar-refractivity contribution is 0.574. The fourth-order valence-corrected chi connectivity index (χ4v) is 4.65. The fourth-order valence-electron chi connectivity index (χ4n) is 3.22. The van der Waals surface area contributed by atoms with Crippen LogP contribution in [0.1, 0.15) is 67.3 Å². The Hall–Kier alpha value is -0.470. The van der Waals surface area contributed by atoms with E-state index in [2.05, 4.69) is 56.9 Å². The van der Waals surface area contributed by atoms with E-state index < -0.39 is 0 Å². The molecule has 1 saturated carbocycles. The van der Waals surface area contributed by atoms with Crippen LogP contribution in [0.5, 0.6) is 0 Å². The van der Waals surface area contributed by atoms with Crippen molar-refractivity contribution in [3.8, 4) is 0 Å². The van der Waals surface area contributed by atoms with Crippen molar-refractivity contribution >= 4 is 11.8 Å². The van der Waals surface area contributed by atoms with E-state index in [1.807, 2.05) is 0 Å². The summed E-state index contributed by atoms with van der Waals surface area (Å²) in [5.74, 6) is 1.22. The Morgan fingerprint density at radius 2 is 1.76 bits per heavy atom. The Bertz CT molecular complexity index is 449. The van der Waals surface area contributed by atoms with Gasteiger partial charge in [-0.15, -0.1) is 0 Å². The van der Waals surface area contributed by atoms with Gasteiger partial charge in [-0.05, 0) is 68.8 Å². The molecule has 0 aromatic heterocycles. The number of hydrogen-bond donors (Lipinski definition) is 1. The molecule has 1 nitrogen and oxygen atoms in total. The summed E-state index contributed by atoms with van der Waals surface area (Å²) < 4.78 is 0. The molecule has 0 heterocycles. The number of rotatable bonds is 7. The van der Waals surface area contributed by atoms with E-state index in [4.69, 9.17) is 0 Å². The Labute approximate surface area is 135 Å². The molecule has 0 spiro atoms. The largest absolute Gasteiger partial charge is 0.309 e. The number of hydrogen-bond acceptors (Lipinski definition) is 2. The highest BCUT2D eigenvalue weighted by Crippen LogP contribution is 2.33. The van der Waals surface area contributed by atoms with Gasteiger partial charge in [0.2, 0.25) is 0 Å². The molecule has 1 aliphatic carbocycles. The molecule has 0 amide bonds. The molecule has 1 fully saturated rings. The van der Waals surface area contributed by atoms with Gasteiger partial charge >= 0.3 is 0 Å². The van der Waals surface area contributed by atoms with Crippen molar-refractivity contribution in [3.05, 3.63) is 34.4 Å². The van der Waals surface area contributed by atoms with E-state index in [0.29, 0.717) is 6.04 Å². The second kappa shape index (κ2) is 8.24. The highest BCUT2D eigenvalue weighted by molar-refractivity contribution is 7.99. The molecule has 1 aromatic rings. The summed E-state index contributed by atoms with van der Waals surface area (Å²) in [4.78, 5) is 0. The molecular formula is C19H31NS. The maximum atomic E-state index is 3.78. The predicted molar refractivity (Wildman–Crippen MR) is 96.4 cm³/mol. The molecule has 0 radical (unpaired) electrons. The van der Waals surface area contributed by atoms with Crippen LogP contribution >= 0.6 is 11.8 Å². The molecule has 2 heteroatoms. The van der Waals surface area contributed by atoms with Crippen molar-refractivity contribution in [1.29, 1.82) is 0 Å². The van der Waals surface area contributed by atoms with Gasteiger partial charge in [0.1, 0.15) is 0 Å². The number of aryl methyl sites for hydroxylation is 3. The zero-order valence-corrected chi connectivity index (χ0v) is 15.0. The van der Waals surface area contributed by atoms with E-state index in [0.717, 1.165) is 11.8 Å². The van der Waals surface area contributed by atoms with Crippen molar-refractivity contribution in [2.75, 3.05) is 12.3 Å². The molecular weight excluding hydrogens is 274 g/mol. The first-order valence-corrected chi connectivity index (χ1v) is 9.59. The minimum absolute atomic E-state index is 0.509. The van der Waals surface area contributed by atoms with E-state index in [-0.39, 0.29) is 0 Å². The van der Waals surface area contributed by atoms with Crippen LogP contribution in [0.25, 0.3) is 0 Å². The first kappa shape index (κ1) is 16.9. The van der Waals surface area contributed by atoms with Crippen LogP contribution in [-0.2, 0) is 0 Å². The summed E-state index contributed by atoms with van der Waals surface area (Å²) in [6.45, 7) is 10.1. The third-order valence-corrected chi connectivity index (χ3v) is 6.17. The minimum atomic E-state index is 0.509. The topological polar surface area (TPSA) is 12.0 Å². The average Bonchev–Trinajstić information content (AvgIpc) is 2.97. The number of nitrogens with one attached hydrogen (secondary N) is 1. The van der Waals surface area contributed by atoms with Crippen LogP contribution < -0.4 is 5.32 Å². The third kappa shape index (κ3) is 4.75. The molecule has 1 aliphatic rings. The van der Waals surface area contributed by atoms with Crippen molar-refractivity contribution in [2.45, 2.75) is 71.1 Å². The second-order valence-corrected chi connectivity index (χ2v) is 7.87. The van der Waals surface area contributed by atoms with Crippen LogP contribution in [0.2, 0.25) is 0 Å². The maximum Gasteiger partial charge on any atom is 0.0414 e. The summed E-state index contributed by atoms with van der Waals surface area (Å²) in [5, 5.41) is 4.68. The molecule has 1 unspecified atom stereocenters. The summed E-state index contributed by atoms with van der Waals surface area (Å²) >= 11 is 2.19. The van der Waals surface area contributed by atoms with Gasteiger partial charge in [-0.2, -0.15) is 11.8 Å². The van der Waals surface area contributed by atoms with E-state index in [1.54, 1.807) is 0 Å². The van der Waals surface area contributed by atoms with Crippen molar-refractivity contribution in [3.63, 3.8) is 0 Å². The average molecular weight is 306 g/mol. The Morgan fingerprint density at radius 3 is 2.43 bits per heavy atom. The van der Waals surface area contributed by atoms with Gasteiger partial charge in [0.05, 0.1) is 0 Å². The Kier molecular flexibility index (Phi) is 6.63. The summed E-state index contributed by atoms with van der Waals surface area (Å²) in [7, 11) is 0. The van der Waals surface area contributed by atoms with Crippen molar-refractivity contribution < 1.29 is 0 Å². The smallest absolute Gasteiger partial charge is 0.0414 e. The monoisotopic (exact) mass is 305 g/mol. The van der Waals surface area contributed by atoms with Gasteiger partial charge in [0.25, 0.3) is 0 Å². The molecule has 2 rings (SSSR count). The fraction of sp³-hybridized carbons (Fsp3) is 0.684. The van der Waals surface area contributed by atoms with E-state index in [9.17, 15) is 0 Å². The van der Waals surface area contributed by atoms with Crippen molar-refractivity contribution in [2.24, 2.45) is 0 Å². The summed E-state index contributed by atoms with van der Waals surface area (Å²) in [6.07, 6.45) is 6.93. The van der Waals surface area contributed by atoms with Crippen LogP contribution in [-0.4, -0.2) is 17.5 Å². The summed E-state index contributed by atoms with van der Waals surface area (Å²) in [6, 6.07) is 5.27. The Morgan fingerprint density at radius 1 is 1.10 bits per heavy atom. The second-order valence-electron chi connectivity index (χ2n) is 6.54. The predicted octanol–water partition coefficient (Wildman–Crippen LogP) is 5.33. The minimum Gasteiger partial charge on any atom is -0.309 e. The highest BCUT2D eigenvalue weighted by atomic mass is 32.2. The van der Waals surface area contributed by atoms with Gasteiger partial charge in [0.15, 0.2) is 0 Å². The molecule has 0 aliphatic heterocycles. The normalized spacial score (nSPS) is 17.3.